The van der Waals surface area contributed by atoms with E-state index in [1.54, 1.807) is 22.8 Å². The molecule has 7 nitrogen and oxygen atoms in total. The van der Waals surface area contributed by atoms with Crippen LogP contribution in [0.1, 0.15) is 29.2 Å². The second-order valence-electron chi connectivity index (χ2n) is 7.81. The van der Waals surface area contributed by atoms with Gasteiger partial charge in [0.2, 0.25) is 5.88 Å². The third-order valence-corrected chi connectivity index (χ3v) is 6.07. The summed E-state index contributed by atoms with van der Waals surface area (Å²) in [4.78, 5) is 15.9. The van der Waals surface area contributed by atoms with Crippen LogP contribution in [0, 0.1) is 18.3 Å². The standard InChI is InChI=1S/C23H25ClN4O3/c1-15-12-19-21(23(29)28(15)7-3-6-27-8-10-30-11-9-27)20(18(14-25)22(26)31-19)16-4-2-5-17(24)13-16/h2,4-5,12-13,20H,3,6-11,26H2,1H3/t20-/m0/s1. The first-order valence-electron chi connectivity index (χ1n) is 10.4. The average Bonchev–Trinajstić information content (AvgIpc) is 2.76. The summed E-state index contributed by atoms with van der Waals surface area (Å²) in [6.45, 7) is 6.70. The molecule has 3 heterocycles. The van der Waals surface area contributed by atoms with Crippen LogP contribution in [0.25, 0.3) is 0 Å². The number of fused-ring (bicyclic) bond motifs is 1. The van der Waals surface area contributed by atoms with E-state index >= 15 is 0 Å². The maximum Gasteiger partial charge on any atom is 0.258 e. The summed E-state index contributed by atoms with van der Waals surface area (Å²) in [5.41, 5.74) is 8.05. The zero-order valence-corrected chi connectivity index (χ0v) is 18.2. The van der Waals surface area contributed by atoms with Gasteiger partial charge in [-0.25, -0.2) is 0 Å². The quantitative estimate of drug-likeness (QED) is 0.768. The Morgan fingerprint density at radius 3 is 2.74 bits per heavy atom. The Bertz CT molecular complexity index is 1110. The van der Waals surface area contributed by atoms with Crippen molar-refractivity contribution in [2.75, 3.05) is 32.8 Å². The fourth-order valence-corrected chi connectivity index (χ4v) is 4.46. The number of nitrogens with two attached hydrogens (primary N) is 1. The van der Waals surface area contributed by atoms with Crippen LogP contribution < -0.4 is 16.0 Å². The molecular weight excluding hydrogens is 416 g/mol. The Morgan fingerprint density at radius 2 is 2.03 bits per heavy atom. The van der Waals surface area contributed by atoms with Crippen LogP contribution in [0.15, 0.2) is 46.6 Å². The second-order valence-corrected chi connectivity index (χ2v) is 8.24. The van der Waals surface area contributed by atoms with Gasteiger partial charge in [-0.15, -0.1) is 0 Å². The summed E-state index contributed by atoms with van der Waals surface area (Å²) in [5.74, 6) is -0.205. The molecule has 0 aliphatic carbocycles. The number of aryl methyl sites for hydroxylation is 1. The Labute approximate surface area is 186 Å². The SMILES string of the molecule is Cc1cc2c(c(=O)n1CCCN1CCOCC1)[C@@H](c1cccc(Cl)c1)C(C#N)=C(N)O2. The van der Waals surface area contributed by atoms with Crippen LogP contribution in [-0.4, -0.2) is 42.3 Å². The fraction of sp³-hybridized carbons (Fsp3) is 0.391. The molecule has 4 rings (SSSR count). The van der Waals surface area contributed by atoms with Crippen molar-refractivity contribution >= 4 is 11.6 Å². The van der Waals surface area contributed by atoms with E-state index in [1.165, 1.54) is 0 Å². The highest BCUT2D eigenvalue weighted by Gasteiger charge is 2.34. The van der Waals surface area contributed by atoms with Gasteiger partial charge in [0.15, 0.2) is 0 Å². The van der Waals surface area contributed by atoms with E-state index in [0.29, 0.717) is 22.9 Å². The van der Waals surface area contributed by atoms with E-state index in [2.05, 4.69) is 11.0 Å². The van der Waals surface area contributed by atoms with Crippen LogP contribution in [0.2, 0.25) is 5.02 Å². The molecule has 0 saturated carbocycles. The molecule has 0 spiro atoms. The van der Waals surface area contributed by atoms with E-state index in [4.69, 9.17) is 26.8 Å². The van der Waals surface area contributed by atoms with Crippen molar-refractivity contribution in [3.63, 3.8) is 0 Å². The Balaban J connectivity index is 1.70. The first-order chi connectivity index (χ1) is 15.0. The minimum Gasteiger partial charge on any atom is -0.440 e. The number of rotatable bonds is 5. The first kappa shape index (κ1) is 21.4. The number of pyridine rings is 1. The summed E-state index contributed by atoms with van der Waals surface area (Å²) < 4.78 is 12.9. The Kier molecular flexibility index (Phi) is 6.33. The molecule has 1 fully saturated rings. The molecule has 0 amide bonds. The van der Waals surface area contributed by atoms with Gasteiger partial charge >= 0.3 is 0 Å². The summed E-state index contributed by atoms with van der Waals surface area (Å²) in [7, 11) is 0. The predicted octanol–water partition coefficient (Wildman–Crippen LogP) is 2.75. The van der Waals surface area contributed by atoms with Gasteiger partial charge in [0.1, 0.15) is 17.4 Å². The monoisotopic (exact) mass is 440 g/mol. The smallest absolute Gasteiger partial charge is 0.258 e. The van der Waals surface area contributed by atoms with E-state index < -0.39 is 5.92 Å². The topological polar surface area (TPSA) is 93.5 Å². The highest BCUT2D eigenvalue weighted by Crippen LogP contribution is 2.40. The van der Waals surface area contributed by atoms with Crippen molar-refractivity contribution in [2.45, 2.75) is 25.8 Å². The lowest BCUT2D eigenvalue weighted by Crippen LogP contribution is -2.38. The highest BCUT2D eigenvalue weighted by molar-refractivity contribution is 6.30. The fourth-order valence-electron chi connectivity index (χ4n) is 4.26. The van der Waals surface area contributed by atoms with Gasteiger partial charge in [-0.1, -0.05) is 23.7 Å². The van der Waals surface area contributed by atoms with Gasteiger partial charge in [-0.05, 0) is 31.0 Å². The minimum absolute atomic E-state index is 0.0174. The van der Waals surface area contributed by atoms with Crippen molar-refractivity contribution in [1.29, 1.82) is 5.26 Å². The minimum atomic E-state index is -0.619. The van der Waals surface area contributed by atoms with Crippen molar-refractivity contribution in [3.05, 3.63) is 74.0 Å². The van der Waals surface area contributed by atoms with Crippen LogP contribution in [0.5, 0.6) is 5.75 Å². The van der Waals surface area contributed by atoms with Gasteiger partial charge in [-0.3, -0.25) is 9.69 Å². The third kappa shape index (κ3) is 4.33. The molecule has 1 aromatic carbocycles. The lowest BCUT2D eigenvalue weighted by atomic mass is 9.84. The molecule has 8 heteroatoms. The molecule has 31 heavy (non-hydrogen) atoms. The number of nitrogens with zero attached hydrogens (tertiary/aromatic N) is 3. The molecule has 0 radical (unpaired) electrons. The lowest BCUT2D eigenvalue weighted by molar-refractivity contribution is 0.0369. The van der Waals surface area contributed by atoms with E-state index in [1.807, 2.05) is 19.1 Å². The third-order valence-electron chi connectivity index (χ3n) is 5.83. The number of nitriles is 1. The summed E-state index contributed by atoms with van der Waals surface area (Å²) in [6.07, 6.45) is 0.839. The van der Waals surface area contributed by atoms with Crippen LogP contribution >= 0.6 is 11.6 Å². The number of halogens is 1. The molecule has 1 aromatic heterocycles. The normalized spacial score (nSPS) is 18.9. The number of morpholine rings is 1. The lowest BCUT2D eigenvalue weighted by Gasteiger charge is -2.28. The van der Waals surface area contributed by atoms with Crippen molar-refractivity contribution in [3.8, 4) is 11.8 Å². The molecule has 1 saturated heterocycles. The number of ether oxygens (including phenoxy) is 2. The molecule has 0 bridgehead atoms. The van der Waals surface area contributed by atoms with Crippen molar-refractivity contribution < 1.29 is 9.47 Å². The highest BCUT2D eigenvalue weighted by atomic mass is 35.5. The van der Waals surface area contributed by atoms with Crippen LogP contribution in [0.4, 0.5) is 0 Å². The molecule has 0 unspecified atom stereocenters. The van der Waals surface area contributed by atoms with Gasteiger partial charge in [-0.2, -0.15) is 5.26 Å². The largest absolute Gasteiger partial charge is 0.440 e. The van der Waals surface area contributed by atoms with Crippen molar-refractivity contribution in [1.82, 2.24) is 9.47 Å². The number of hydrogen-bond donors (Lipinski definition) is 1. The number of allylic oxidation sites excluding steroid dienone is 1. The van der Waals surface area contributed by atoms with Crippen LogP contribution in [0.3, 0.4) is 0 Å². The summed E-state index contributed by atoms with van der Waals surface area (Å²) in [5, 5.41) is 10.3. The molecule has 2 aromatic rings. The molecule has 2 N–H and O–H groups in total. The predicted molar refractivity (Wildman–Crippen MR) is 118 cm³/mol. The molecule has 162 valence electrons. The summed E-state index contributed by atoms with van der Waals surface area (Å²) >= 11 is 6.20. The molecule has 1 atom stereocenters. The van der Waals surface area contributed by atoms with E-state index in [-0.39, 0.29) is 17.0 Å². The molecular formula is C23H25ClN4O3. The maximum absolute atomic E-state index is 13.6. The van der Waals surface area contributed by atoms with E-state index in [0.717, 1.165) is 50.5 Å². The van der Waals surface area contributed by atoms with Crippen LogP contribution in [-0.2, 0) is 11.3 Å². The molecule has 2 aliphatic rings. The second kappa shape index (κ2) is 9.15. The maximum atomic E-state index is 13.6. The number of benzene rings is 1. The van der Waals surface area contributed by atoms with Crippen molar-refractivity contribution in [2.24, 2.45) is 5.73 Å². The zero-order valence-electron chi connectivity index (χ0n) is 17.4. The Hall–Kier alpha value is -2.79. The number of hydrogen-bond acceptors (Lipinski definition) is 6. The van der Waals surface area contributed by atoms with Gasteiger partial charge in [0.25, 0.3) is 5.56 Å². The van der Waals surface area contributed by atoms with Gasteiger partial charge < -0.3 is 19.8 Å². The molecule has 2 aliphatic heterocycles. The van der Waals surface area contributed by atoms with E-state index in [9.17, 15) is 10.1 Å². The Morgan fingerprint density at radius 1 is 1.26 bits per heavy atom. The first-order valence-corrected chi connectivity index (χ1v) is 10.7. The van der Waals surface area contributed by atoms with Gasteiger partial charge in [0.05, 0.1) is 24.7 Å². The number of aromatic nitrogens is 1. The zero-order chi connectivity index (χ0) is 22.0. The average molecular weight is 441 g/mol. The summed E-state index contributed by atoms with van der Waals surface area (Å²) in [6, 6.07) is 11.1. The van der Waals surface area contributed by atoms with Gasteiger partial charge in [0, 0.05) is 43.0 Å².